The quantitative estimate of drug-likeness (QED) is 0.611. The highest BCUT2D eigenvalue weighted by atomic mass is 16.5. The molecule has 0 N–H and O–H groups in total. The molecular formula is C25H27N3O6. The van der Waals surface area contributed by atoms with Crippen molar-refractivity contribution in [3.8, 4) is 0 Å². The van der Waals surface area contributed by atoms with Gasteiger partial charge in [-0.2, -0.15) is 0 Å². The molecule has 9 heteroatoms. The largest absolute Gasteiger partial charge is 0.465 e. The summed E-state index contributed by atoms with van der Waals surface area (Å²) in [5.41, 5.74) is 2.20. The average Bonchev–Trinajstić information content (AvgIpc) is 3.12. The van der Waals surface area contributed by atoms with Crippen LogP contribution in [0.25, 0.3) is 0 Å². The number of hydrogen-bond donors (Lipinski definition) is 0. The van der Waals surface area contributed by atoms with Gasteiger partial charge in [0.1, 0.15) is 5.70 Å². The number of morpholine rings is 1. The number of ether oxygens (including phenoxy) is 3. The molecule has 178 valence electrons. The molecule has 0 radical (unpaired) electrons. The number of benzene rings is 1. The van der Waals surface area contributed by atoms with Crippen LogP contribution in [0.3, 0.4) is 0 Å². The third-order valence-electron chi connectivity index (χ3n) is 5.84. The molecule has 0 aromatic heterocycles. The fourth-order valence-corrected chi connectivity index (χ4v) is 4.13. The Morgan fingerprint density at radius 3 is 2.26 bits per heavy atom. The summed E-state index contributed by atoms with van der Waals surface area (Å²) in [5.74, 6) is -1.36. The van der Waals surface area contributed by atoms with Gasteiger partial charge in [0.25, 0.3) is 5.91 Å². The number of allylic oxidation sites excluding steroid dienone is 2. The van der Waals surface area contributed by atoms with Crippen molar-refractivity contribution in [2.75, 3.05) is 56.9 Å². The average molecular weight is 466 g/mol. The number of hydrogen-bond acceptors (Lipinski definition) is 8. The van der Waals surface area contributed by atoms with Crippen molar-refractivity contribution in [2.45, 2.75) is 6.42 Å². The minimum atomic E-state index is -0.674. The highest BCUT2D eigenvalue weighted by Gasteiger charge is 2.30. The molecular weight excluding hydrogens is 438 g/mol. The Kier molecular flexibility index (Phi) is 7.12. The second-order valence-corrected chi connectivity index (χ2v) is 7.77. The molecule has 0 spiro atoms. The number of methoxy groups -OCH3 is 2. The molecule has 3 aliphatic rings. The molecule has 0 saturated carbocycles. The van der Waals surface area contributed by atoms with E-state index in [-0.39, 0.29) is 17.2 Å². The normalized spacial score (nSPS) is 18.6. The third kappa shape index (κ3) is 4.60. The van der Waals surface area contributed by atoms with E-state index in [0.29, 0.717) is 44.2 Å². The van der Waals surface area contributed by atoms with Crippen LogP contribution in [0, 0.1) is 0 Å². The van der Waals surface area contributed by atoms with Gasteiger partial charge in [-0.05, 0) is 42.8 Å². The first-order valence-electron chi connectivity index (χ1n) is 11.0. The van der Waals surface area contributed by atoms with E-state index in [2.05, 4.69) is 4.90 Å². The van der Waals surface area contributed by atoms with Gasteiger partial charge in [-0.15, -0.1) is 0 Å². The summed E-state index contributed by atoms with van der Waals surface area (Å²) in [6.45, 7) is 3.21. The van der Waals surface area contributed by atoms with Gasteiger partial charge in [0.15, 0.2) is 0 Å². The van der Waals surface area contributed by atoms with Gasteiger partial charge in [-0.25, -0.2) is 9.59 Å². The van der Waals surface area contributed by atoms with Gasteiger partial charge in [-0.1, -0.05) is 12.2 Å². The molecule has 1 saturated heterocycles. The molecule has 9 nitrogen and oxygen atoms in total. The highest BCUT2D eigenvalue weighted by molar-refractivity contribution is 6.07. The van der Waals surface area contributed by atoms with Crippen molar-refractivity contribution in [3.63, 3.8) is 0 Å². The minimum Gasteiger partial charge on any atom is -0.465 e. The standard InChI is InChI=1S/C25H27N3O6/c1-32-24(30)20-6-3-4-12-27(22(20)25(31)33-2)18-8-10-19(11-9-18)28-13-5-7-21(23(28)29)26-14-16-34-17-15-26/h3-4,6-12H,5,13-17H2,1-2H3. The maximum Gasteiger partial charge on any atom is 0.355 e. The first-order valence-corrected chi connectivity index (χ1v) is 11.0. The summed E-state index contributed by atoms with van der Waals surface area (Å²) >= 11 is 0. The zero-order valence-electron chi connectivity index (χ0n) is 19.2. The van der Waals surface area contributed by atoms with Crippen LogP contribution >= 0.6 is 0 Å². The van der Waals surface area contributed by atoms with Crippen LogP contribution in [0.15, 0.2) is 71.7 Å². The predicted molar refractivity (Wildman–Crippen MR) is 126 cm³/mol. The van der Waals surface area contributed by atoms with E-state index in [9.17, 15) is 14.4 Å². The lowest BCUT2D eigenvalue weighted by Gasteiger charge is -2.35. The Bertz CT molecular complexity index is 1080. The topological polar surface area (TPSA) is 88.6 Å². The molecule has 3 aliphatic heterocycles. The van der Waals surface area contributed by atoms with Crippen LogP contribution in [-0.2, 0) is 28.6 Å². The van der Waals surface area contributed by atoms with E-state index < -0.39 is 11.9 Å². The third-order valence-corrected chi connectivity index (χ3v) is 5.84. The zero-order chi connectivity index (χ0) is 24.1. The van der Waals surface area contributed by atoms with Crippen LogP contribution < -0.4 is 9.80 Å². The number of anilines is 2. The van der Waals surface area contributed by atoms with Crippen molar-refractivity contribution in [2.24, 2.45) is 0 Å². The number of nitrogens with zero attached hydrogens (tertiary/aromatic N) is 3. The number of rotatable bonds is 5. The lowest BCUT2D eigenvalue weighted by Crippen LogP contribution is -2.45. The molecule has 0 unspecified atom stereocenters. The maximum atomic E-state index is 13.2. The second-order valence-electron chi connectivity index (χ2n) is 7.77. The first-order chi connectivity index (χ1) is 16.5. The Morgan fingerprint density at radius 1 is 0.912 bits per heavy atom. The van der Waals surface area contributed by atoms with Crippen LogP contribution in [-0.4, -0.2) is 69.8 Å². The number of esters is 2. The molecule has 1 aromatic carbocycles. The van der Waals surface area contributed by atoms with E-state index in [1.807, 2.05) is 18.2 Å². The Morgan fingerprint density at radius 2 is 1.59 bits per heavy atom. The van der Waals surface area contributed by atoms with Crippen molar-refractivity contribution < 1.29 is 28.6 Å². The second kappa shape index (κ2) is 10.4. The zero-order valence-corrected chi connectivity index (χ0v) is 19.2. The van der Waals surface area contributed by atoms with Crippen LogP contribution in [0.4, 0.5) is 11.4 Å². The molecule has 0 bridgehead atoms. The van der Waals surface area contributed by atoms with Crippen LogP contribution in [0.1, 0.15) is 6.42 Å². The summed E-state index contributed by atoms with van der Waals surface area (Å²) in [5, 5.41) is 0. The lowest BCUT2D eigenvalue weighted by molar-refractivity contribution is -0.139. The van der Waals surface area contributed by atoms with E-state index >= 15 is 0 Å². The van der Waals surface area contributed by atoms with E-state index in [1.54, 1.807) is 40.3 Å². The summed E-state index contributed by atoms with van der Waals surface area (Å²) in [6.07, 6.45) is 9.29. The summed E-state index contributed by atoms with van der Waals surface area (Å²) in [7, 11) is 2.51. The molecule has 3 heterocycles. The molecule has 34 heavy (non-hydrogen) atoms. The summed E-state index contributed by atoms with van der Waals surface area (Å²) < 4.78 is 15.2. The first kappa shape index (κ1) is 23.3. The Balaban J connectivity index is 1.61. The van der Waals surface area contributed by atoms with Gasteiger partial charge in [-0.3, -0.25) is 4.79 Å². The van der Waals surface area contributed by atoms with Crippen molar-refractivity contribution in [1.82, 2.24) is 4.90 Å². The van der Waals surface area contributed by atoms with Crippen LogP contribution in [0.5, 0.6) is 0 Å². The molecule has 1 fully saturated rings. The van der Waals surface area contributed by atoms with Gasteiger partial charge >= 0.3 is 11.9 Å². The monoisotopic (exact) mass is 465 g/mol. The summed E-state index contributed by atoms with van der Waals surface area (Å²) in [6, 6.07) is 7.24. The maximum absolute atomic E-state index is 13.2. The summed E-state index contributed by atoms with van der Waals surface area (Å²) in [4.78, 5) is 43.5. The van der Waals surface area contributed by atoms with Gasteiger partial charge < -0.3 is 28.9 Å². The predicted octanol–water partition coefficient (Wildman–Crippen LogP) is 2.13. The van der Waals surface area contributed by atoms with Crippen molar-refractivity contribution in [3.05, 3.63) is 71.7 Å². The van der Waals surface area contributed by atoms with Gasteiger partial charge in [0, 0.05) is 37.2 Å². The smallest absolute Gasteiger partial charge is 0.355 e. The van der Waals surface area contributed by atoms with Crippen LogP contribution in [0.2, 0.25) is 0 Å². The van der Waals surface area contributed by atoms with Gasteiger partial charge in [0.2, 0.25) is 0 Å². The SMILES string of the molecule is COC(=O)C1=C(C(=O)OC)N(c2ccc(N3CCC=C(N4CCOCC4)C3=O)cc2)C=CC=C1. The lowest BCUT2D eigenvalue weighted by atomic mass is 10.1. The van der Waals surface area contributed by atoms with E-state index in [0.717, 1.165) is 12.1 Å². The van der Waals surface area contributed by atoms with E-state index in [4.69, 9.17) is 14.2 Å². The molecule has 1 amide bonds. The minimum absolute atomic E-state index is 0.0390. The number of carbonyl (C=O) groups is 3. The highest BCUT2D eigenvalue weighted by Crippen LogP contribution is 2.30. The van der Waals surface area contributed by atoms with Crippen molar-refractivity contribution >= 4 is 29.2 Å². The molecule has 0 aliphatic carbocycles. The number of amides is 1. The number of carbonyl (C=O) groups excluding carboxylic acids is 3. The molecule has 0 atom stereocenters. The van der Waals surface area contributed by atoms with Crippen molar-refractivity contribution in [1.29, 1.82) is 0 Å². The van der Waals surface area contributed by atoms with E-state index in [1.165, 1.54) is 20.3 Å². The fraction of sp³-hybridized carbons (Fsp3) is 0.320. The molecule has 1 aromatic rings. The Labute approximate surface area is 198 Å². The fourth-order valence-electron chi connectivity index (χ4n) is 4.13. The van der Waals surface area contributed by atoms with Gasteiger partial charge in [0.05, 0.1) is 38.7 Å². The molecule has 4 rings (SSSR count). The Hall–Kier alpha value is -3.85.